The zero-order valence-corrected chi connectivity index (χ0v) is 16.0. The van der Waals surface area contributed by atoms with E-state index < -0.39 is 0 Å². The van der Waals surface area contributed by atoms with Gasteiger partial charge in [0.1, 0.15) is 0 Å². The monoisotopic (exact) mass is 390 g/mol. The Hall–Kier alpha value is -3.52. The lowest BCUT2D eigenvalue weighted by molar-refractivity contribution is 0.251. The van der Waals surface area contributed by atoms with Crippen molar-refractivity contribution in [3.05, 3.63) is 77.0 Å². The second-order valence-electron chi connectivity index (χ2n) is 6.07. The molecule has 140 valence electrons. The number of aryl methyl sites for hydroxylation is 1. The molecule has 0 saturated carbocycles. The molecule has 1 aromatic carbocycles. The minimum absolute atomic E-state index is 0.285. The minimum atomic E-state index is -0.285. The van der Waals surface area contributed by atoms with Gasteiger partial charge in [-0.1, -0.05) is 18.2 Å². The molecule has 28 heavy (non-hydrogen) atoms. The van der Waals surface area contributed by atoms with Crippen molar-refractivity contribution in [1.82, 2.24) is 25.1 Å². The second kappa shape index (κ2) is 8.01. The van der Waals surface area contributed by atoms with Gasteiger partial charge in [-0.15, -0.1) is 11.3 Å². The standard InChI is InChI=1S/C20H18N6OS/c1-14-24-18(13-28-14)15-5-7-17(8-6-15)25-20(27)22-12-16-4-2-9-21-19(16)26-11-3-10-23-26/h2-11,13H,12H2,1H3,(H2,22,25,27). The number of rotatable bonds is 5. The molecule has 0 aliphatic heterocycles. The van der Waals surface area contributed by atoms with E-state index in [-0.39, 0.29) is 6.03 Å². The number of carbonyl (C=O) groups excluding carboxylic acids is 1. The lowest BCUT2D eigenvalue weighted by atomic mass is 10.1. The van der Waals surface area contributed by atoms with E-state index in [1.165, 1.54) is 0 Å². The van der Waals surface area contributed by atoms with E-state index >= 15 is 0 Å². The van der Waals surface area contributed by atoms with Crippen LogP contribution in [0.25, 0.3) is 17.1 Å². The highest BCUT2D eigenvalue weighted by molar-refractivity contribution is 7.09. The van der Waals surface area contributed by atoms with Crippen LogP contribution < -0.4 is 10.6 Å². The van der Waals surface area contributed by atoms with E-state index in [1.807, 2.05) is 61.0 Å². The van der Waals surface area contributed by atoms with Gasteiger partial charge in [0.2, 0.25) is 0 Å². The van der Waals surface area contributed by atoms with E-state index in [1.54, 1.807) is 28.4 Å². The first-order chi connectivity index (χ1) is 13.7. The molecule has 0 saturated heterocycles. The number of pyridine rings is 1. The fourth-order valence-corrected chi connectivity index (χ4v) is 3.36. The van der Waals surface area contributed by atoms with E-state index in [4.69, 9.17) is 0 Å². The number of amides is 2. The van der Waals surface area contributed by atoms with Crippen LogP contribution in [0.2, 0.25) is 0 Å². The van der Waals surface area contributed by atoms with Gasteiger partial charge in [-0.3, -0.25) is 0 Å². The number of hydrogen-bond donors (Lipinski definition) is 2. The van der Waals surface area contributed by atoms with Gasteiger partial charge in [0.15, 0.2) is 5.82 Å². The summed E-state index contributed by atoms with van der Waals surface area (Å²) in [5.41, 5.74) is 3.55. The van der Waals surface area contributed by atoms with Gasteiger partial charge >= 0.3 is 6.03 Å². The Bertz CT molecular complexity index is 1070. The van der Waals surface area contributed by atoms with Crippen molar-refractivity contribution in [3.63, 3.8) is 0 Å². The van der Waals surface area contributed by atoms with Crippen LogP contribution in [-0.2, 0) is 6.54 Å². The zero-order valence-electron chi connectivity index (χ0n) is 15.2. The van der Waals surface area contributed by atoms with Crippen LogP contribution in [0.3, 0.4) is 0 Å². The van der Waals surface area contributed by atoms with Gasteiger partial charge in [-0.2, -0.15) is 5.10 Å². The fourth-order valence-electron chi connectivity index (χ4n) is 2.74. The summed E-state index contributed by atoms with van der Waals surface area (Å²) < 4.78 is 1.67. The maximum atomic E-state index is 12.3. The van der Waals surface area contributed by atoms with Crippen molar-refractivity contribution in [2.24, 2.45) is 0 Å². The summed E-state index contributed by atoms with van der Waals surface area (Å²) in [4.78, 5) is 21.1. The lowest BCUT2D eigenvalue weighted by Gasteiger charge is -2.11. The molecule has 7 nitrogen and oxygen atoms in total. The van der Waals surface area contributed by atoms with E-state index in [2.05, 4.69) is 25.7 Å². The molecule has 0 aliphatic carbocycles. The first-order valence-electron chi connectivity index (χ1n) is 8.70. The average molecular weight is 390 g/mol. The van der Waals surface area contributed by atoms with Crippen molar-refractivity contribution >= 4 is 23.1 Å². The molecule has 0 bridgehead atoms. The quantitative estimate of drug-likeness (QED) is 0.539. The van der Waals surface area contributed by atoms with Gasteiger partial charge in [0.05, 0.1) is 10.7 Å². The van der Waals surface area contributed by atoms with E-state index in [0.717, 1.165) is 21.8 Å². The van der Waals surface area contributed by atoms with Crippen LogP contribution in [0, 0.1) is 6.92 Å². The van der Waals surface area contributed by atoms with Crippen molar-refractivity contribution in [2.45, 2.75) is 13.5 Å². The summed E-state index contributed by atoms with van der Waals surface area (Å²) >= 11 is 1.62. The number of nitrogens with zero attached hydrogens (tertiary/aromatic N) is 4. The second-order valence-corrected chi connectivity index (χ2v) is 7.14. The lowest BCUT2D eigenvalue weighted by Crippen LogP contribution is -2.28. The number of carbonyl (C=O) groups is 1. The van der Waals surface area contributed by atoms with Crippen molar-refractivity contribution in [3.8, 4) is 17.1 Å². The molecule has 0 fully saturated rings. The molecule has 4 aromatic rings. The molecule has 8 heteroatoms. The Morgan fingerprint density at radius 2 is 2.00 bits per heavy atom. The van der Waals surface area contributed by atoms with Gasteiger partial charge in [0.25, 0.3) is 0 Å². The molecule has 0 aliphatic rings. The van der Waals surface area contributed by atoms with Crippen molar-refractivity contribution < 1.29 is 4.79 Å². The smallest absolute Gasteiger partial charge is 0.319 e. The topological polar surface area (TPSA) is 84.7 Å². The molecule has 0 spiro atoms. The summed E-state index contributed by atoms with van der Waals surface area (Å²) in [6.45, 7) is 2.32. The number of aromatic nitrogens is 4. The Morgan fingerprint density at radius 1 is 1.14 bits per heavy atom. The van der Waals surface area contributed by atoms with Crippen molar-refractivity contribution in [1.29, 1.82) is 0 Å². The Morgan fingerprint density at radius 3 is 2.71 bits per heavy atom. The molecule has 4 rings (SSSR count). The number of benzene rings is 1. The maximum absolute atomic E-state index is 12.3. The highest BCUT2D eigenvalue weighted by atomic mass is 32.1. The van der Waals surface area contributed by atoms with E-state index in [9.17, 15) is 4.79 Å². The predicted octanol–water partition coefficient (Wildman–Crippen LogP) is 4.02. The van der Waals surface area contributed by atoms with Crippen molar-refractivity contribution in [2.75, 3.05) is 5.32 Å². The van der Waals surface area contributed by atoms with Crippen LogP contribution in [0.4, 0.5) is 10.5 Å². The average Bonchev–Trinajstić information content (AvgIpc) is 3.39. The minimum Gasteiger partial charge on any atom is -0.334 e. The third-order valence-electron chi connectivity index (χ3n) is 4.09. The third kappa shape index (κ3) is 4.07. The predicted molar refractivity (Wildman–Crippen MR) is 110 cm³/mol. The summed E-state index contributed by atoms with van der Waals surface area (Å²) in [6, 6.07) is 12.9. The number of hydrogen-bond acceptors (Lipinski definition) is 5. The van der Waals surface area contributed by atoms with Crippen LogP contribution >= 0.6 is 11.3 Å². The SMILES string of the molecule is Cc1nc(-c2ccc(NC(=O)NCc3cccnc3-n3cccn3)cc2)cs1. The highest BCUT2D eigenvalue weighted by Gasteiger charge is 2.08. The van der Waals surface area contributed by atoms with Gasteiger partial charge in [-0.25, -0.2) is 19.4 Å². The molecule has 3 heterocycles. The first kappa shape index (κ1) is 17.9. The maximum Gasteiger partial charge on any atom is 0.319 e. The first-order valence-corrected chi connectivity index (χ1v) is 9.58. The largest absolute Gasteiger partial charge is 0.334 e. The number of thiazole rings is 1. The zero-order chi connectivity index (χ0) is 19.3. The third-order valence-corrected chi connectivity index (χ3v) is 4.86. The van der Waals surface area contributed by atoms with Gasteiger partial charge in [-0.05, 0) is 31.2 Å². The highest BCUT2D eigenvalue weighted by Crippen LogP contribution is 2.23. The molecule has 0 radical (unpaired) electrons. The number of urea groups is 1. The van der Waals surface area contributed by atoms with Crippen LogP contribution in [-0.4, -0.2) is 25.8 Å². The van der Waals surface area contributed by atoms with Gasteiger partial charge < -0.3 is 10.6 Å². The Balaban J connectivity index is 1.38. The summed E-state index contributed by atoms with van der Waals surface area (Å²) in [5.74, 6) is 0.690. The van der Waals surface area contributed by atoms with Crippen LogP contribution in [0.15, 0.2) is 66.4 Å². The molecule has 2 N–H and O–H groups in total. The normalized spacial score (nSPS) is 10.6. The number of anilines is 1. The number of nitrogens with one attached hydrogen (secondary N) is 2. The van der Waals surface area contributed by atoms with E-state index in [0.29, 0.717) is 18.1 Å². The molecule has 2 amide bonds. The molecule has 0 atom stereocenters. The summed E-state index contributed by atoms with van der Waals surface area (Å²) in [5, 5.41) is 12.9. The molecule has 0 unspecified atom stereocenters. The fraction of sp³-hybridized carbons (Fsp3) is 0.100. The summed E-state index contributed by atoms with van der Waals surface area (Å²) in [7, 11) is 0. The summed E-state index contributed by atoms with van der Waals surface area (Å²) in [6.07, 6.45) is 5.21. The van der Waals surface area contributed by atoms with Crippen LogP contribution in [0.5, 0.6) is 0 Å². The Labute approximate surface area is 166 Å². The van der Waals surface area contributed by atoms with Crippen LogP contribution in [0.1, 0.15) is 10.6 Å². The molecule has 3 aromatic heterocycles. The molecular weight excluding hydrogens is 372 g/mol. The van der Waals surface area contributed by atoms with Gasteiger partial charge in [0, 0.05) is 47.3 Å². The Kier molecular flexibility index (Phi) is 5.11. The molecular formula is C20H18N6OS.